The second-order valence-electron chi connectivity index (χ2n) is 4.20. The van der Waals surface area contributed by atoms with Crippen molar-refractivity contribution in [2.75, 3.05) is 0 Å². The minimum atomic E-state index is -0.397. The summed E-state index contributed by atoms with van der Waals surface area (Å²) in [6.07, 6.45) is 3.21. The summed E-state index contributed by atoms with van der Waals surface area (Å²) < 4.78 is 0. The number of nitrogens with two attached hydrogens (primary N) is 1. The fourth-order valence-electron chi connectivity index (χ4n) is 1.74. The van der Waals surface area contributed by atoms with E-state index < -0.39 is 5.91 Å². The maximum absolute atomic E-state index is 10.3. The monoisotopic (exact) mass is 264 g/mol. The largest absolute Gasteiger partial charge is 0.367 e. The Balaban J connectivity index is 0.000000160. The van der Waals surface area contributed by atoms with Gasteiger partial charge in [0.05, 0.1) is 5.56 Å². The van der Waals surface area contributed by atoms with Crippen LogP contribution in [0.4, 0.5) is 0 Å². The molecular formula is C17H16N2O. The highest BCUT2D eigenvalue weighted by Crippen LogP contribution is 2.17. The van der Waals surface area contributed by atoms with Gasteiger partial charge in [-0.25, -0.2) is 0 Å². The van der Waals surface area contributed by atoms with Crippen molar-refractivity contribution in [3.8, 4) is 11.1 Å². The predicted molar refractivity (Wildman–Crippen MR) is 81.2 cm³/mol. The number of aromatic nitrogens is 1. The number of rotatable bonds is 2. The summed E-state index contributed by atoms with van der Waals surface area (Å²) in [6, 6.07) is 22.4. The molecule has 1 heterocycles. The second kappa shape index (κ2) is 6.95. The van der Waals surface area contributed by atoms with Crippen LogP contribution in [-0.2, 0) is 0 Å². The number of aromatic amines is 1. The van der Waals surface area contributed by atoms with Gasteiger partial charge in [-0.1, -0.05) is 60.7 Å². The molecule has 20 heavy (non-hydrogen) atoms. The van der Waals surface area contributed by atoms with Crippen molar-refractivity contribution in [3.05, 3.63) is 84.7 Å². The summed E-state index contributed by atoms with van der Waals surface area (Å²) in [6.45, 7) is 0. The lowest BCUT2D eigenvalue weighted by atomic mass is 10.1. The third-order valence-corrected chi connectivity index (χ3v) is 2.76. The maximum Gasteiger partial charge on any atom is 0.250 e. The number of hydrogen-bond donors (Lipinski definition) is 2. The molecule has 0 aliphatic heterocycles. The van der Waals surface area contributed by atoms with Crippen LogP contribution in [0.3, 0.4) is 0 Å². The van der Waals surface area contributed by atoms with Gasteiger partial charge < -0.3 is 10.7 Å². The minimum Gasteiger partial charge on any atom is -0.367 e. The summed E-state index contributed by atoms with van der Waals surface area (Å²) in [5, 5.41) is 0. The Kier molecular flexibility index (Phi) is 4.73. The van der Waals surface area contributed by atoms with Crippen molar-refractivity contribution in [1.82, 2.24) is 4.98 Å². The van der Waals surface area contributed by atoms with Gasteiger partial charge in [0.1, 0.15) is 0 Å². The fraction of sp³-hybridized carbons (Fsp3) is 0. The maximum atomic E-state index is 10.3. The van der Waals surface area contributed by atoms with Crippen LogP contribution in [-0.4, -0.2) is 10.9 Å². The van der Waals surface area contributed by atoms with Crippen molar-refractivity contribution in [3.63, 3.8) is 0 Å². The van der Waals surface area contributed by atoms with Crippen LogP contribution < -0.4 is 5.73 Å². The van der Waals surface area contributed by atoms with Crippen LogP contribution >= 0.6 is 0 Å². The molecule has 3 aromatic rings. The Morgan fingerprint density at radius 3 is 1.60 bits per heavy atom. The number of benzene rings is 2. The van der Waals surface area contributed by atoms with Crippen molar-refractivity contribution in [2.24, 2.45) is 5.73 Å². The molecule has 3 heteroatoms. The van der Waals surface area contributed by atoms with Crippen molar-refractivity contribution in [1.29, 1.82) is 0 Å². The number of carbonyl (C=O) groups is 1. The molecule has 0 aliphatic carbocycles. The number of nitrogens with one attached hydrogen (secondary N) is 1. The molecule has 0 unspecified atom stereocenters. The Labute approximate surface area is 118 Å². The van der Waals surface area contributed by atoms with E-state index in [-0.39, 0.29) is 0 Å². The molecule has 1 amide bonds. The number of H-pyrrole nitrogens is 1. The second-order valence-corrected chi connectivity index (χ2v) is 4.20. The van der Waals surface area contributed by atoms with E-state index in [1.807, 2.05) is 12.1 Å². The molecule has 100 valence electrons. The van der Waals surface area contributed by atoms with Gasteiger partial charge in [-0.05, 0) is 17.2 Å². The molecule has 3 nitrogen and oxygen atoms in total. The van der Waals surface area contributed by atoms with Crippen molar-refractivity contribution < 1.29 is 4.79 Å². The standard InChI is InChI=1S/C12H10.C5H6N2O/c1-3-7-11(8-4-1)12-9-5-2-6-10-12;6-5(8)4-1-2-7-3-4/h1-10H;1-3,7H,(H2,6,8). The van der Waals surface area contributed by atoms with E-state index in [9.17, 15) is 4.79 Å². The van der Waals surface area contributed by atoms with Crippen LogP contribution in [0.5, 0.6) is 0 Å². The zero-order valence-electron chi connectivity index (χ0n) is 11.0. The van der Waals surface area contributed by atoms with Crippen LogP contribution in [0.2, 0.25) is 0 Å². The normalized spacial score (nSPS) is 9.40. The van der Waals surface area contributed by atoms with E-state index >= 15 is 0 Å². The molecule has 0 spiro atoms. The van der Waals surface area contributed by atoms with Gasteiger partial charge in [0.15, 0.2) is 0 Å². The topological polar surface area (TPSA) is 58.9 Å². The van der Waals surface area contributed by atoms with E-state index in [0.717, 1.165) is 0 Å². The number of amides is 1. The van der Waals surface area contributed by atoms with Crippen molar-refractivity contribution >= 4 is 5.91 Å². The first-order valence-corrected chi connectivity index (χ1v) is 6.30. The number of hydrogen-bond acceptors (Lipinski definition) is 1. The highest BCUT2D eigenvalue weighted by atomic mass is 16.1. The summed E-state index contributed by atoms with van der Waals surface area (Å²) in [4.78, 5) is 13.0. The smallest absolute Gasteiger partial charge is 0.250 e. The third kappa shape index (κ3) is 3.85. The average molecular weight is 264 g/mol. The van der Waals surface area contributed by atoms with Gasteiger partial charge in [-0.15, -0.1) is 0 Å². The molecule has 0 fully saturated rings. The summed E-state index contributed by atoms with van der Waals surface area (Å²) in [5.74, 6) is -0.397. The first-order chi connectivity index (χ1) is 9.77. The molecule has 3 rings (SSSR count). The Hall–Kier alpha value is -2.81. The Bertz CT molecular complexity index is 594. The molecule has 0 bridgehead atoms. The van der Waals surface area contributed by atoms with Crippen LogP contribution in [0.15, 0.2) is 79.1 Å². The Morgan fingerprint density at radius 1 is 0.800 bits per heavy atom. The van der Waals surface area contributed by atoms with E-state index in [4.69, 9.17) is 5.73 Å². The van der Waals surface area contributed by atoms with Crippen LogP contribution in [0.25, 0.3) is 11.1 Å². The Morgan fingerprint density at radius 2 is 1.30 bits per heavy atom. The first kappa shape index (κ1) is 13.6. The van der Waals surface area contributed by atoms with Gasteiger partial charge in [0.25, 0.3) is 0 Å². The number of primary amides is 1. The molecule has 0 saturated heterocycles. The summed E-state index contributed by atoms with van der Waals surface area (Å²) in [5.41, 5.74) is 7.97. The van der Waals surface area contributed by atoms with E-state index in [2.05, 4.69) is 53.5 Å². The first-order valence-electron chi connectivity index (χ1n) is 6.30. The van der Waals surface area contributed by atoms with Crippen LogP contribution in [0, 0.1) is 0 Å². The van der Waals surface area contributed by atoms with Gasteiger partial charge in [-0.3, -0.25) is 4.79 Å². The van der Waals surface area contributed by atoms with Gasteiger partial charge in [0, 0.05) is 12.4 Å². The van der Waals surface area contributed by atoms with Crippen LogP contribution in [0.1, 0.15) is 10.4 Å². The molecule has 3 N–H and O–H groups in total. The summed E-state index contributed by atoms with van der Waals surface area (Å²) in [7, 11) is 0. The number of carbonyl (C=O) groups excluding carboxylic acids is 1. The SMILES string of the molecule is NC(=O)c1cc[nH]c1.c1ccc(-c2ccccc2)cc1. The minimum absolute atomic E-state index is 0.397. The van der Waals surface area contributed by atoms with Gasteiger partial charge >= 0.3 is 0 Å². The predicted octanol–water partition coefficient (Wildman–Crippen LogP) is 3.47. The highest BCUT2D eigenvalue weighted by Gasteiger charge is 1.95. The molecule has 0 atom stereocenters. The zero-order chi connectivity index (χ0) is 14.2. The van der Waals surface area contributed by atoms with E-state index in [1.54, 1.807) is 18.5 Å². The van der Waals surface area contributed by atoms with Gasteiger partial charge in [-0.2, -0.15) is 0 Å². The molecule has 2 aromatic carbocycles. The third-order valence-electron chi connectivity index (χ3n) is 2.76. The average Bonchev–Trinajstić information content (AvgIpc) is 3.04. The molecule has 0 radical (unpaired) electrons. The summed E-state index contributed by atoms with van der Waals surface area (Å²) >= 11 is 0. The van der Waals surface area contributed by atoms with E-state index in [1.165, 1.54) is 11.1 Å². The quantitative estimate of drug-likeness (QED) is 0.731. The molecule has 0 saturated carbocycles. The van der Waals surface area contributed by atoms with Crippen molar-refractivity contribution in [2.45, 2.75) is 0 Å². The molecular weight excluding hydrogens is 248 g/mol. The lowest BCUT2D eigenvalue weighted by Crippen LogP contribution is -2.08. The van der Waals surface area contributed by atoms with E-state index in [0.29, 0.717) is 5.56 Å². The lowest BCUT2D eigenvalue weighted by Gasteiger charge is -1.98. The van der Waals surface area contributed by atoms with Gasteiger partial charge in [0.2, 0.25) is 5.91 Å². The highest BCUT2D eigenvalue weighted by molar-refractivity contribution is 5.92. The fourth-order valence-corrected chi connectivity index (χ4v) is 1.74. The zero-order valence-corrected chi connectivity index (χ0v) is 11.0. The molecule has 1 aromatic heterocycles. The lowest BCUT2D eigenvalue weighted by molar-refractivity contribution is 0.100. The molecule has 0 aliphatic rings.